The van der Waals surface area contributed by atoms with Crippen molar-refractivity contribution >= 4 is 22.0 Å². The van der Waals surface area contributed by atoms with Gasteiger partial charge in [0.25, 0.3) is 10.2 Å². The molecule has 8 heteroatoms. The Morgan fingerprint density at radius 2 is 2.13 bits per heavy atom. The number of carbonyl (C=O) groups excluding carboxylic acids is 2. The zero-order valence-corrected chi connectivity index (χ0v) is 9.30. The van der Waals surface area contributed by atoms with Gasteiger partial charge in [0.2, 0.25) is 11.8 Å². The number of amides is 2. The van der Waals surface area contributed by atoms with Crippen molar-refractivity contribution in [3.05, 3.63) is 0 Å². The van der Waals surface area contributed by atoms with Crippen LogP contribution < -0.4 is 10.0 Å². The summed E-state index contributed by atoms with van der Waals surface area (Å²) in [6.07, 6.45) is 0. The minimum absolute atomic E-state index is 0.210. The van der Waals surface area contributed by atoms with Gasteiger partial charge in [0, 0.05) is 6.54 Å². The summed E-state index contributed by atoms with van der Waals surface area (Å²) in [7, 11) is -3.75. The van der Waals surface area contributed by atoms with Gasteiger partial charge < -0.3 is 0 Å². The molecular formula is C7H13N3O4S. The summed E-state index contributed by atoms with van der Waals surface area (Å²) in [4.78, 5) is 22.2. The molecule has 1 heterocycles. The number of carbonyl (C=O) groups is 2. The third kappa shape index (κ3) is 2.52. The van der Waals surface area contributed by atoms with E-state index in [2.05, 4.69) is 10.0 Å². The lowest BCUT2D eigenvalue weighted by atomic mass is 10.2. The summed E-state index contributed by atoms with van der Waals surface area (Å²) in [5.41, 5.74) is 0. The maximum absolute atomic E-state index is 11.6. The quantitative estimate of drug-likeness (QED) is 0.563. The van der Waals surface area contributed by atoms with Crippen LogP contribution >= 0.6 is 0 Å². The standard InChI is InChI=1S/C7H13N3O4S/c1-3-8-15(13,14)10-4-6(11)9-7(12)5(10)2/h5,8H,3-4H2,1-2H3,(H,9,11,12). The third-order valence-corrected chi connectivity index (χ3v) is 3.73. The van der Waals surface area contributed by atoms with Crippen molar-refractivity contribution in [2.75, 3.05) is 13.1 Å². The molecule has 1 atom stereocenters. The van der Waals surface area contributed by atoms with Gasteiger partial charge >= 0.3 is 0 Å². The molecule has 15 heavy (non-hydrogen) atoms. The van der Waals surface area contributed by atoms with E-state index in [1.54, 1.807) is 6.92 Å². The highest BCUT2D eigenvalue weighted by molar-refractivity contribution is 7.87. The van der Waals surface area contributed by atoms with E-state index in [1.165, 1.54) is 6.92 Å². The number of rotatable bonds is 3. The van der Waals surface area contributed by atoms with Crippen LogP contribution in [0.5, 0.6) is 0 Å². The van der Waals surface area contributed by atoms with Gasteiger partial charge in [-0.3, -0.25) is 14.9 Å². The number of nitrogens with one attached hydrogen (secondary N) is 2. The zero-order chi connectivity index (χ0) is 11.6. The molecule has 1 unspecified atom stereocenters. The fraction of sp³-hybridized carbons (Fsp3) is 0.714. The minimum Gasteiger partial charge on any atom is -0.294 e. The van der Waals surface area contributed by atoms with Crippen LogP contribution in [0.3, 0.4) is 0 Å². The normalized spacial score (nSPS) is 24.0. The van der Waals surface area contributed by atoms with Gasteiger partial charge in [0.05, 0.1) is 6.54 Å². The maximum atomic E-state index is 11.6. The molecule has 1 aliphatic rings. The molecule has 86 valence electrons. The van der Waals surface area contributed by atoms with E-state index >= 15 is 0 Å². The molecule has 0 aromatic heterocycles. The van der Waals surface area contributed by atoms with Crippen molar-refractivity contribution < 1.29 is 18.0 Å². The average Bonchev–Trinajstić information content (AvgIpc) is 2.11. The molecule has 1 fully saturated rings. The van der Waals surface area contributed by atoms with E-state index in [9.17, 15) is 18.0 Å². The Balaban J connectivity index is 2.93. The first-order valence-electron chi connectivity index (χ1n) is 4.48. The summed E-state index contributed by atoms with van der Waals surface area (Å²) in [6, 6.07) is -0.869. The molecule has 2 N–H and O–H groups in total. The zero-order valence-electron chi connectivity index (χ0n) is 8.48. The van der Waals surface area contributed by atoms with E-state index in [0.29, 0.717) is 0 Å². The van der Waals surface area contributed by atoms with Crippen molar-refractivity contribution in [3.63, 3.8) is 0 Å². The molecular weight excluding hydrogens is 222 g/mol. The second-order valence-corrected chi connectivity index (χ2v) is 4.84. The first-order chi connectivity index (χ1) is 6.88. The molecule has 1 saturated heterocycles. The van der Waals surface area contributed by atoms with Gasteiger partial charge in [0.15, 0.2) is 0 Å². The largest absolute Gasteiger partial charge is 0.294 e. The Kier molecular flexibility index (Phi) is 3.42. The van der Waals surface area contributed by atoms with Gasteiger partial charge in [0.1, 0.15) is 6.04 Å². The van der Waals surface area contributed by atoms with Crippen LogP contribution in [0, 0.1) is 0 Å². The lowest BCUT2D eigenvalue weighted by Crippen LogP contribution is -2.60. The Labute approximate surface area is 88.0 Å². The fourth-order valence-electron chi connectivity index (χ4n) is 1.25. The predicted octanol–water partition coefficient (Wildman–Crippen LogP) is -1.81. The molecule has 0 aromatic rings. The van der Waals surface area contributed by atoms with Crippen LogP contribution in [0.4, 0.5) is 0 Å². The summed E-state index contributed by atoms with van der Waals surface area (Å²) >= 11 is 0. The number of nitrogens with zero attached hydrogens (tertiary/aromatic N) is 1. The molecule has 0 aliphatic carbocycles. The Bertz CT molecular complexity index is 378. The predicted molar refractivity (Wildman–Crippen MR) is 51.9 cm³/mol. The number of hydrogen-bond acceptors (Lipinski definition) is 4. The van der Waals surface area contributed by atoms with Crippen LogP contribution in [-0.2, 0) is 19.8 Å². The average molecular weight is 235 g/mol. The Morgan fingerprint density at radius 3 is 2.67 bits per heavy atom. The van der Waals surface area contributed by atoms with Crippen LogP contribution in [0.2, 0.25) is 0 Å². The third-order valence-electron chi connectivity index (χ3n) is 2.01. The monoisotopic (exact) mass is 235 g/mol. The number of piperazine rings is 1. The van der Waals surface area contributed by atoms with Crippen LogP contribution in [0.15, 0.2) is 0 Å². The van der Waals surface area contributed by atoms with Crippen LogP contribution in [-0.4, -0.2) is 43.7 Å². The summed E-state index contributed by atoms with van der Waals surface area (Å²) in [6.45, 7) is 2.92. The van der Waals surface area contributed by atoms with Crippen LogP contribution in [0.25, 0.3) is 0 Å². The first-order valence-corrected chi connectivity index (χ1v) is 5.92. The fourth-order valence-corrected chi connectivity index (χ4v) is 2.58. The topological polar surface area (TPSA) is 95.6 Å². The van der Waals surface area contributed by atoms with Crippen molar-refractivity contribution in [3.8, 4) is 0 Å². The van der Waals surface area contributed by atoms with Gasteiger partial charge in [-0.1, -0.05) is 6.92 Å². The second kappa shape index (κ2) is 4.25. The molecule has 2 amide bonds. The summed E-state index contributed by atoms with van der Waals surface area (Å²) < 4.78 is 26.2. The highest BCUT2D eigenvalue weighted by Crippen LogP contribution is 2.08. The smallest absolute Gasteiger partial charge is 0.280 e. The highest BCUT2D eigenvalue weighted by atomic mass is 32.2. The lowest BCUT2D eigenvalue weighted by Gasteiger charge is -2.30. The lowest BCUT2D eigenvalue weighted by molar-refractivity contribution is -0.136. The molecule has 0 radical (unpaired) electrons. The molecule has 1 aliphatic heterocycles. The Morgan fingerprint density at radius 1 is 1.53 bits per heavy atom. The Hall–Kier alpha value is -0.990. The van der Waals surface area contributed by atoms with Crippen molar-refractivity contribution in [1.82, 2.24) is 14.3 Å². The van der Waals surface area contributed by atoms with Gasteiger partial charge in [-0.25, -0.2) is 4.72 Å². The second-order valence-electron chi connectivity index (χ2n) is 3.14. The molecule has 0 bridgehead atoms. The van der Waals surface area contributed by atoms with E-state index in [1.807, 2.05) is 0 Å². The SMILES string of the molecule is CCNS(=O)(=O)N1CC(=O)NC(=O)C1C. The van der Waals surface area contributed by atoms with Crippen molar-refractivity contribution in [2.24, 2.45) is 0 Å². The van der Waals surface area contributed by atoms with Gasteiger partial charge in [-0.2, -0.15) is 12.7 Å². The number of imide groups is 1. The molecule has 0 saturated carbocycles. The molecule has 0 spiro atoms. The number of hydrogen-bond donors (Lipinski definition) is 2. The van der Waals surface area contributed by atoms with E-state index in [4.69, 9.17) is 0 Å². The van der Waals surface area contributed by atoms with Gasteiger partial charge in [-0.05, 0) is 6.92 Å². The molecule has 7 nitrogen and oxygen atoms in total. The molecule has 0 aromatic carbocycles. The van der Waals surface area contributed by atoms with E-state index < -0.39 is 28.1 Å². The summed E-state index contributed by atoms with van der Waals surface area (Å²) in [5.74, 6) is -1.22. The van der Waals surface area contributed by atoms with Crippen molar-refractivity contribution in [1.29, 1.82) is 0 Å². The molecule has 1 rings (SSSR count). The minimum atomic E-state index is -3.75. The van der Waals surface area contributed by atoms with Crippen LogP contribution in [0.1, 0.15) is 13.8 Å². The van der Waals surface area contributed by atoms with Gasteiger partial charge in [-0.15, -0.1) is 0 Å². The van der Waals surface area contributed by atoms with Crippen molar-refractivity contribution in [2.45, 2.75) is 19.9 Å². The van der Waals surface area contributed by atoms with E-state index in [-0.39, 0.29) is 13.1 Å². The first kappa shape index (κ1) is 12.1. The van der Waals surface area contributed by atoms with E-state index in [0.717, 1.165) is 4.31 Å². The highest BCUT2D eigenvalue weighted by Gasteiger charge is 2.37. The summed E-state index contributed by atoms with van der Waals surface area (Å²) in [5, 5.41) is 2.06. The maximum Gasteiger partial charge on any atom is 0.280 e.